The summed E-state index contributed by atoms with van der Waals surface area (Å²) in [4.78, 5) is 22.6. The molecular formula is C9H16BrNO4. The standard InChI is InChI=1S/C9H15NO4.BrH/c1-2-14-8(13)9(7(11)12)3-5-10-6-4-9;/h10H,2-6H2,1H3,(H,11,12);1H. The van der Waals surface area contributed by atoms with Crippen molar-refractivity contribution in [3.8, 4) is 0 Å². The lowest BCUT2D eigenvalue weighted by molar-refractivity contribution is -0.170. The highest BCUT2D eigenvalue weighted by Crippen LogP contribution is 2.30. The first-order chi connectivity index (χ1) is 6.63. The maximum absolute atomic E-state index is 11.5. The highest BCUT2D eigenvalue weighted by molar-refractivity contribution is 8.93. The average molecular weight is 282 g/mol. The first-order valence-electron chi connectivity index (χ1n) is 4.75. The van der Waals surface area contributed by atoms with Crippen molar-refractivity contribution in [2.75, 3.05) is 19.7 Å². The van der Waals surface area contributed by atoms with Crippen LogP contribution in [0.15, 0.2) is 0 Å². The number of carbonyl (C=O) groups excluding carboxylic acids is 1. The second-order valence-electron chi connectivity index (χ2n) is 3.36. The highest BCUT2D eigenvalue weighted by Gasteiger charge is 2.48. The lowest BCUT2D eigenvalue weighted by atomic mass is 9.79. The highest BCUT2D eigenvalue weighted by atomic mass is 79.9. The van der Waals surface area contributed by atoms with Crippen molar-refractivity contribution in [2.45, 2.75) is 19.8 Å². The maximum atomic E-state index is 11.5. The molecule has 1 aliphatic heterocycles. The SMILES string of the molecule is Br.CCOC(=O)C1(C(=O)O)CCNCC1. The number of aliphatic carboxylic acids is 1. The first kappa shape index (κ1) is 14.4. The minimum Gasteiger partial charge on any atom is -0.480 e. The molecule has 0 unspecified atom stereocenters. The van der Waals surface area contributed by atoms with Crippen LogP contribution in [0, 0.1) is 5.41 Å². The zero-order valence-electron chi connectivity index (χ0n) is 8.62. The summed E-state index contributed by atoms with van der Waals surface area (Å²) in [5.74, 6) is -1.67. The minimum atomic E-state index is -1.32. The zero-order valence-corrected chi connectivity index (χ0v) is 10.3. The van der Waals surface area contributed by atoms with E-state index in [9.17, 15) is 9.59 Å². The summed E-state index contributed by atoms with van der Waals surface area (Å²) in [6.45, 7) is 2.99. The smallest absolute Gasteiger partial charge is 0.323 e. The van der Waals surface area contributed by atoms with Crippen LogP contribution in [-0.2, 0) is 14.3 Å². The Labute approximate surface area is 98.9 Å². The van der Waals surface area contributed by atoms with Crippen LogP contribution in [0.5, 0.6) is 0 Å². The number of esters is 1. The molecule has 1 rings (SSSR count). The van der Waals surface area contributed by atoms with E-state index in [4.69, 9.17) is 9.84 Å². The predicted octanol–water partition coefficient (Wildman–Crippen LogP) is 0.582. The molecule has 0 spiro atoms. The quantitative estimate of drug-likeness (QED) is 0.585. The Kier molecular flexibility index (Phi) is 5.82. The van der Waals surface area contributed by atoms with E-state index in [-0.39, 0.29) is 23.6 Å². The van der Waals surface area contributed by atoms with Crippen molar-refractivity contribution in [1.29, 1.82) is 0 Å². The Bertz CT molecular complexity index is 238. The van der Waals surface area contributed by atoms with E-state index in [0.29, 0.717) is 25.9 Å². The second-order valence-corrected chi connectivity index (χ2v) is 3.36. The number of hydrogen-bond donors (Lipinski definition) is 2. The van der Waals surface area contributed by atoms with Crippen molar-refractivity contribution in [1.82, 2.24) is 5.32 Å². The summed E-state index contributed by atoms with van der Waals surface area (Å²) >= 11 is 0. The largest absolute Gasteiger partial charge is 0.480 e. The summed E-state index contributed by atoms with van der Waals surface area (Å²) in [5, 5.41) is 12.1. The van der Waals surface area contributed by atoms with Gasteiger partial charge in [-0.2, -0.15) is 0 Å². The summed E-state index contributed by atoms with van der Waals surface area (Å²) in [6, 6.07) is 0. The number of piperidine rings is 1. The fraction of sp³-hybridized carbons (Fsp3) is 0.778. The molecule has 0 radical (unpaired) electrons. The molecule has 1 saturated heterocycles. The van der Waals surface area contributed by atoms with E-state index in [1.807, 2.05) is 0 Å². The number of rotatable bonds is 3. The number of carbonyl (C=O) groups is 2. The molecule has 0 aromatic carbocycles. The van der Waals surface area contributed by atoms with Crippen LogP contribution in [0.3, 0.4) is 0 Å². The molecule has 0 amide bonds. The van der Waals surface area contributed by atoms with Gasteiger partial charge in [-0.3, -0.25) is 9.59 Å². The molecule has 0 aromatic rings. The van der Waals surface area contributed by atoms with E-state index >= 15 is 0 Å². The summed E-state index contributed by atoms with van der Waals surface area (Å²) in [7, 11) is 0. The molecule has 0 bridgehead atoms. The molecule has 6 heteroatoms. The van der Waals surface area contributed by atoms with Crippen molar-refractivity contribution in [2.24, 2.45) is 5.41 Å². The molecule has 2 N–H and O–H groups in total. The van der Waals surface area contributed by atoms with Gasteiger partial charge in [0, 0.05) is 0 Å². The van der Waals surface area contributed by atoms with Gasteiger partial charge in [-0.15, -0.1) is 17.0 Å². The normalized spacial score (nSPS) is 18.7. The first-order valence-corrected chi connectivity index (χ1v) is 4.75. The number of carboxylic acid groups (broad SMARTS) is 1. The minimum absolute atomic E-state index is 0. The van der Waals surface area contributed by atoms with Crippen molar-refractivity contribution < 1.29 is 19.4 Å². The van der Waals surface area contributed by atoms with Gasteiger partial charge in [-0.05, 0) is 32.9 Å². The van der Waals surface area contributed by atoms with Gasteiger partial charge in [0.05, 0.1) is 6.61 Å². The van der Waals surface area contributed by atoms with Crippen LogP contribution in [0.1, 0.15) is 19.8 Å². The molecule has 1 fully saturated rings. The van der Waals surface area contributed by atoms with Gasteiger partial charge < -0.3 is 15.2 Å². The van der Waals surface area contributed by atoms with E-state index in [1.54, 1.807) is 6.92 Å². The lowest BCUT2D eigenvalue weighted by Gasteiger charge is -2.30. The van der Waals surface area contributed by atoms with Gasteiger partial charge >= 0.3 is 11.9 Å². The summed E-state index contributed by atoms with van der Waals surface area (Å²) in [5.41, 5.74) is -1.32. The van der Waals surface area contributed by atoms with E-state index in [0.717, 1.165) is 0 Å². The fourth-order valence-electron chi connectivity index (χ4n) is 1.63. The number of carboxylic acids is 1. The van der Waals surface area contributed by atoms with Crippen molar-refractivity contribution in [3.63, 3.8) is 0 Å². The molecule has 15 heavy (non-hydrogen) atoms. The molecule has 1 heterocycles. The van der Waals surface area contributed by atoms with Gasteiger partial charge in [0.1, 0.15) is 0 Å². The third-order valence-corrected chi connectivity index (χ3v) is 2.53. The molecule has 0 saturated carbocycles. The number of hydrogen-bond acceptors (Lipinski definition) is 4. The van der Waals surface area contributed by atoms with Gasteiger partial charge in [0.2, 0.25) is 0 Å². The Hall–Kier alpha value is -0.620. The Morgan fingerprint density at radius 2 is 1.93 bits per heavy atom. The van der Waals surface area contributed by atoms with Crippen molar-refractivity contribution >= 4 is 28.9 Å². The Balaban J connectivity index is 0.00000196. The van der Waals surface area contributed by atoms with Gasteiger partial charge in [0.25, 0.3) is 0 Å². The van der Waals surface area contributed by atoms with Crippen LogP contribution >= 0.6 is 17.0 Å². The van der Waals surface area contributed by atoms with Crippen molar-refractivity contribution in [3.05, 3.63) is 0 Å². The lowest BCUT2D eigenvalue weighted by Crippen LogP contribution is -2.48. The average Bonchev–Trinajstić information content (AvgIpc) is 2.19. The van der Waals surface area contributed by atoms with E-state index in [2.05, 4.69) is 5.32 Å². The molecule has 0 aliphatic carbocycles. The third kappa shape index (κ3) is 2.92. The Morgan fingerprint density at radius 1 is 1.40 bits per heavy atom. The van der Waals surface area contributed by atoms with Crippen LogP contribution < -0.4 is 5.32 Å². The second kappa shape index (κ2) is 6.07. The third-order valence-electron chi connectivity index (χ3n) is 2.53. The summed E-state index contributed by atoms with van der Waals surface area (Å²) < 4.78 is 4.80. The van der Waals surface area contributed by atoms with Crippen LogP contribution in [0.4, 0.5) is 0 Å². The molecule has 0 atom stereocenters. The van der Waals surface area contributed by atoms with Crippen LogP contribution in [0.25, 0.3) is 0 Å². The topological polar surface area (TPSA) is 75.6 Å². The van der Waals surface area contributed by atoms with E-state index < -0.39 is 17.4 Å². The molecule has 88 valence electrons. The van der Waals surface area contributed by atoms with Gasteiger partial charge in [0.15, 0.2) is 5.41 Å². The Morgan fingerprint density at radius 3 is 2.33 bits per heavy atom. The zero-order chi connectivity index (χ0) is 10.6. The molecule has 5 nitrogen and oxygen atoms in total. The van der Waals surface area contributed by atoms with Gasteiger partial charge in [-0.25, -0.2) is 0 Å². The predicted molar refractivity (Wildman–Crippen MR) is 59.1 cm³/mol. The molecular weight excluding hydrogens is 266 g/mol. The summed E-state index contributed by atoms with van der Waals surface area (Å²) in [6.07, 6.45) is 0.613. The molecule has 1 aliphatic rings. The van der Waals surface area contributed by atoms with Gasteiger partial charge in [-0.1, -0.05) is 0 Å². The number of ether oxygens (including phenoxy) is 1. The number of halogens is 1. The number of nitrogens with one attached hydrogen (secondary N) is 1. The van der Waals surface area contributed by atoms with Crippen LogP contribution in [-0.4, -0.2) is 36.7 Å². The molecule has 0 aromatic heterocycles. The monoisotopic (exact) mass is 281 g/mol. The van der Waals surface area contributed by atoms with Crippen LogP contribution in [0.2, 0.25) is 0 Å². The maximum Gasteiger partial charge on any atom is 0.323 e. The van der Waals surface area contributed by atoms with E-state index in [1.165, 1.54) is 0 Å². The fourth-order valence-corrected chi connectivity index (χ4v) is 1.63.